The fraction of sp³-hybridized carbons (Fsp3) is 0.143. The molecule has 0 unspecified atom stereocenters. The van der Waals surface area contributed by atoms with Crippen molar-refractivity contribution in [2.45, 2.75) is 17.1 Å². The summed E-state index contributed by atoms with van der Waals surface area (Å²) in [6.07, 6.45) is -2.40. The number of hydrogen-bond donors (Lipinski definition) is 0. The van der Waals surface area contributed by atoms with Crippen LogP contribution in [-0.2, 0) is 5.75 Å². The van der Waals surface area contributed by atoms with Crippen LogP contribution in [0.5, 0.6) is 0 Å². The molecule has 2 aromatic rings. The van der Waals surface area contributed by atoms with Gasteiger partial charge >= 0.3 is 0 Å². The topological polar surface area (TPSA) is 0 Å². The third kappa shape index (κ3) is 3.56. The molecular weight excluding hydrogens is 238 g/mol. The molecule has 0 radical (unpaired) electrons. The second kappa shape index (κ2) is 5.82. The van der Waals surface area contributed by atoms with Gasteiger partial charge in [0.2, 0.25) is 0 Å². The second-order valence-electron chi connectivity index (χ2n) is 3.65. The lowest BCUT2D eigenvalue weighted by Gasteiger charge is -2.04. The zero-order valence-electron chi connectivity index (χ0n) is 9.14. The Bertz CT molecular complexity index is 469. The van der Waals surface area contributed by atoms with E-state index in [1.54, 1.807) is 23.9 Å². The molecule has 0 heterocycles. The second-order valence-corrected chi connectivity index (χ2v) is 4.70. The zero-order valence-corrected chi connectivity index (χ0v) is 9.96. The summed E-state index contributed by atoms with van der Waals surface area (Å²) in [6, 6.07) is 16.5. The molecule has 0 atom stereocenters. The number of thioether (sulfide) groups is 1. The highest BCUT2D eigenvalue weighted by molar-refractivity contribution is 7.98. The molecule has 0 aliphatic rings. The summed E-state index contributed by atoms with van der Waals surface area (Å²) in [6.45, 7) is 0. The number of hydrogen-bond acceptors (Lipinski definition) is 1. The van der Waals surface area contributed by atoms with Gasteiger partial charge in [-0.05, 0) is 17.7 Å². The van der Waals surface area contributed by atoms with Gasteiger partial charge in [-0.3, -0.25) is 0 Å². The van der Waals surface area contributed by atoms with Gasteiger partial charge < -0.3 is 0 Å². The highest BCUT2D eigenvalue weighted by Gasteiger charge is 2.07. The van der Waals surface area contributed by atoms with E-state index in [4.69, 9.17) is 0 Å². The molecule has 0 aromatic heterocycles. The van der Waals surface area contributed by atoms with Crippen molar-refractivity contribution in [2.24, 2.45) is 0 Å². The minimum atomic E-state index is -2.40. The van der Waals surface area contributed by atoms with Gasteiger partial charge in [0.15, 0.2) is 0 Å². The van der Waals surface area contributed by atoms with Gasteiger partial charge in [0.05, 0.1) is 0 Å². The highest BCUT2D eigenvalue weighted by Crippen LogP contribution is 2.27. The van der Waals surface area contributed by atoms with E-state index < -0.39 is 6.43 Å². The first-order valence-electron chi connectivity index (χ1n) is 5.30. The molecule has 2 aromatic carbocycles. The summed E-state index contributed by atoms with van der Waals surface area (Å²) < 4.78 is 25.0. The third-order valence-corrected chi connectivity index (χ3v) is 3.42. The molecule has 88 valence electrons. The SMILES string of the molecule is FC(F)c1cccc(SCc2ccccc2)c1. The first-order chi connectivity index (χ1) is 8.25. The van der Waals surface area contributed by atoms with Crippen molar-refractivity contribution >= 4 is 11.8 Å². The van der Waals surface area contributed by atoms with E-state index in [0.29, 0.717) is 0 Å². The maximum atomic E-state index is 12.5. The van der Waals surface area contributed by atoms with Crippen LogP contribution in [0.2, 0.25) is 0 Å². The van der Waals surface area contributed by atoms with Gasteiger partial charge in [-0.15, -0.1) is 11.8 Å². The van der Waals surface area contributed by atoms with E-state index in [1.165, 1.54) is 11.6 Å². The largest absolute Gasteiger partial charge is 0.263 e. The lowest BCUT2D eigenvalue weighted by atomic mass is 10.2. The summed E-state index contributed by atoms with van der Waals surface area (Å²) in [4.78, 5) is 0.881. The van der Waals surface area contributed by atoms with Crippen molar-refractivity contribution in [1.29, 1.82) is 0 Å². The number of alkyl halides is 2. The van der Waals surface area contributed by atoms with Gasteiger partial charge in [-0.1, -0.05) is 42.5 Å². The molecule has 0 aliphatic carbocycles. The van der Waals surface area contributed by atoms with Crippen LogP contribution >= 0.6 is 11.8 Å². The molecule has 0 saturated carbocycles. The number of benzene rings is 2. The standard InChI is InChI=1S/C14H12F2S/c15-14(16)12-7-4-8-13(9-12)17-10-11-5-2-1-3-6-11/h1-9,14H,10H2. The van der Waals surface area contributed by atoms with Crippen LogP contribution in [0.4, 0.5) is 8.78 Å². The smallest absolute Gasteiger partial charge is 0.205 e. The Morgan fingerprint density at radius 2 is 1.71 bits per heavy atom. The summed E-state index contributed by atoms with van der Waals surface area (Å²) in [7, 11) is 0. The van der Waals surface area contributed by atoms with Crippen LogP contribution in [0.25, 0.3) is 0 Å². The van der Waals surface area contributed by atoms with Crippen LogP contribution in [-0.4, -0.2) is 0 Å². The Kier molecular flexibility index (Phi) is 4.15. The third-order valence-electron chi connectivity index (χ3n) is 2.36. The van der Waals surface area contributed by atoms with Gasteiger partial charge in [0.25, 0.3) is 6.43 Å². The van der Waals surface area contributed by atoms with Crippen molar-refractivity contribution < 1.29 is 8.78 Å². The van der Waals surface area contributed by atoms with Crippen LogP contribution < -0.4 is 0 Å². The molecule has 2 rings (SSSR count). The van der Waals surface area contributed by atoms with Crippen molar-refractivity contribution in [3.63, 3.8) is 0 Å². The van der Waals surface area contributed by atoms with E-state index in [0.717, 1.165) is 10.6 Å². The van der Waals surface area contributed by atoms with E-state index in [2.05, 4.69) is 0 Å². The maximum Gasteiger partial charge on any atom is 0.263 e. The van der Waals surface area contributed by atoms with Crippen LogP contribution in [0.3, 0.4) is 0 Å². The Morgan fingerprint density at radius 1 is 0.941 bits per heavy atom. The minimum Gasteiger partial charge on any atom is -0.205 e. The van der Waals surface area contributed by atoms with Gasteiger partial charge in [-0.25, -0.2) is 8.78 Å². The lowest BCUT2D eigenvalue weighted by Crippen LogP contribution is -1.85. The normalized spacial score (nSPS) is 10.8. The monoisotopic (exact) mass is 250 g/mol. The molecule has 0 saturated heterocycles. The Labute approximate surface area is 104 Å². The van der Waals surface area contributed by atoms with Crippen molar-refractivity contribution in [3.8, 4) is 0 Å². The summed E-state index contributed by atoms with van der Waals surface area (Å²) in [5.41, 5.74) is 1.28. The van der Waals surface area contributed by atoms with Crippen molar-refractivity contribution in [3.05, 3.63) is 65.7 Å². The molecule has 0 nitrogen and oxygen atoms in total. The van der Waals surface area contributed by atoms with Crippen molar-refractivity contribution in [1.82, 2.24) is 0 Å². The van der Waals surface area contributed by atoms with Crippen LogP contribution in [0.1, 0.15) is 17.6 Å². The molecule has 0 fully saturated rings. The first-order valence-corrected chi connectivity index (χ1v) is 6.29. The molecule has 0 amide bonds. The lowest BCUT2D eigenvalue weighted by molar-refractivity contribution is 0.151. The molecule has 17 heavy (non-hydrogen) atoms. The first kappa shape index (κ1) is 12.1. The quantitative estimate of drug-likeness (QED) is 0.694. The maximum absolute atomic E-state index is 12.5. The van der Waals surface area contributed by atoms with E-state index in [1.807, 2.05) is 36.4 Å². The molecule has 0 bridgehead atoms. The molecule has 3 heteroatoms. The Balaban J connectivity index is 2.02. The molecule has 0 aliphatic heterocycles. The molecule has 0 spiro atoms. The summed E-state index contributed by atoms with van der Waals surface area (Å²) in [5.74, 6) is 0.799. The average Bonchev–Trinajstić information content (AvgIpc) is 2.38. The Morgan fingerprint density at radius 3 is 2.41 bits per heavy atom. The highest BCUT2D eigenvalue weighted by atomic mass is 32.2. The van der Waals surface area contributed by atoms with Crippen LogP contribution in [0.15, 0.2) is 59.5 Å². The van der Waals surface area contributed by atoms with Gasteiger partial charge in [0, 0.05) is 16.2 Å². The summed E-state index contributed by atoms with van der Waals surface area (Å²) in [5, 5.41) is 0. The van der Waals surface area contributed by atoms with Crippen molar-refractivity contribution in [2.75, 3.05) is 0 Å². The van der Waals surface area contributed by atoms with Gasteiger partial charge in [0.1, 0.15) is 0 Å². The van der Waals surface area contributed by atoms with Crippen LogP contribution in [0, 0.1) is 0 Å². The number of rotatable bonds is 4. The fourth-order valence-corrected chi connectivity index (χ4v) is 2.40. The predicted molar refractivity (Wildman–Crippen MR) is 67.4 cm³/mol. The number of halogens is 2. The Hall–Kier alpha value is -1.35. The minimum absolute atomic E-state index is 0.0862. The predicted octanol–water partition coefficient (Wildman–Crippen LogP) is 4.92. The van der Waals surface area contributed by atoms with E-state index in [9.17, 15) is 8.78 Å². The van der Waals surface area contributed by atoms with E-state index in [-0.39, 0.29) is 5.56 Å². The van der Waals surface area contributed by atoms with Gasteiger partial charge in [-0.2, -0.15) is 0 Å². The fourth-order valence-electron chi connectivity index (χ4n) is 1.48. The summed E-state index contributed by atoms with van der Waals surface area (Å²) >= 11 is 1.57. The molecule has 0 N–H and O–H groups in total. The average molecular weight is 250 g/mol. The zero-order chi connectivity index (χ0) is 12.1. The van der Waals surface area contributed by atoms with E-state index >= 15 is 0 Å². The molecular formula is C14H12F2S.